The van der Waals surface area contributed by atoms with E-state index in [9.17, 15) is 10.1 Å². The second-order valence-corrected chi connectivity index (χ2v) is 6.31. The number of rotatable bonds is 4. The Morgan fingerprint density at radius 3 is 2.95 bits per heavy atom. The van der Waals surface area contributed by atoms with Crippen molar-refractivity contribution >= 4 is 17.3 Å². The van der Waals surface area contributed by atoms with Gasteiger partial charge in [0.2, 0.25) is 5.65 Å². The Balaban J connectivity index is 1.96. The normalized spacial score (nSPS) is 19.0. The highest BCUT2D eigenvalue weighted by Gasteiger charge is 2.26. The summed E-state index contributed by atoms with van der Waals surface area (Å²) in [6.07, 6.45) is 5.91. The van der Waals surface area contributed by atoms with Crippen LogP contribution in [-0.2, 0) is 0 Å². The molecule has 7 heteroatoms. The van der Waals surface area contributed by atoms with Gasteiger partial charge in [0, 0.05) is 18.7 Å². The Bertz CT molecular complexity index is 682. The molecule has 1 saturated heterocycles. The summed E-state index contributed by atoms with van der Waals surface area (Å²) in [4.78, 5) is 17.0. The molecule has 0 bridgehead atoms. The van der Waals surface area contributed by atoms with Gasteiger partial charge in [-0.25, -0.2) is 4.98 Å². The third-order valence-electron chi connectivity index (χ3n) is 4.18. The van der Waals surface area contributed by atoms with Crippen LogP contribution in [0.3, 0.4) is 0 Å². The molecule has 1 aliphatic heterocycles. The van der Waals surface area contributed by atoms with Crippen molar-refractivity contribution in [2.24, 2.45) is 5.92 Å². The van der Waals surface area contributed by atoms with Crippen molar-refractivity contribution in [1.82, 2.24) is 14.6 Å². The minimum Gasteiger partial charge on any atom is -0.358 e. The third-order valence-corrected chi connectivity index (χ3v) is 4.18. The first-order chi connectivity index (χ1) is 10.6. The molecule has 3 heterocycles. The van der Waals surface area contributed by atoms with E-state index in [0.29, 0.717) is 17.6 Å². The molecule has 3 rings (SSSR count). The highest BCUT2D eigenvalue weighted by atomic mass is 16.6. The van der Waals surface area contributed by atoms with E-state index in [1.807, 2.05) is 6.07 Å². The monoisotopic (exact) mass is 303 g/mol. The third kappa shape index (κ3) is 2.75. The lowest BCUT2D eigenvalue weighted by molar-refractivity contribution is -0.391. The van der Waals surface area contributed by atoms with Gasteiger partial charge in [-0.3, -0.25) is 0 Å². The van der Waals surface area contributed by atoms with Crippen LogP contribution in [0, 0.1) is 16.0 Å². The van der Waals surface area contributed by atoms with Crippen LogP contribution >= 0.6 is 0 Å². The predicted octanol–water partition coefficient (Wildman–Crippen LogP) is 3.04. The molecule has 0 amide bonds. The molecule has 0 aromatic carbocycles. The van der Waals surface area contributed by atoms with E-state index in [2.05, 4.69) is 28.8 Å². The minimum atomic E-state index is -0.446. The maximum atomic E-state index is 11.1. The molecule has 0 radical (unpaired) electrons. The van der Waals surface area contributed by atoms with Crippen molar-refractivity contribution in [3.63, 3.8) is 0 Å². The lowest BCUT2D eigenvalue weighted by Crippen LogP contribution is -2.41. The number of anilines is 1. The van der Waals surface area contributed by atoms with E-state index in [0.717, 1.165) is 31.6 Å². The molecule has 7 nitrogen and oxygen atoms in total. The Labute approximate surface area is 129 Å². The summed E-state index contributed by atoms with van der Waals surface area (Å²) in [5.74, 6) is 1.34. The van der Waals surface area contributed by atoms with Gasteiger partial charge in [-0.15, -0.1) is 0 Å². The second kappa shape index (κ2) is 5.90. The summed E-state index contributed by atoms with van der Waals surface area (Å²) in [5, 5.41) is 15.5. The largest absolute Gasteiger partial charge is 0.368 e. The van der Waals surface area contributed by atoms with Gasteiger partial charge in [0.15, 0.2) is 5.82 Å². The molecule has 1 fully saturated rings. The zero-order valence-electron chi connectivity index (χ0n) is 13.0. The van der Waals surface area contributed by atoms with Gasteiger partial charge in [-0.2, -0.15) is 0 Å². The average Bonchev–Trinajstić information content (AvgIpc) is 2.90. The Morgan fingerprint density at radius 1 is 1.41 bits per heavy atom. The van der Waals surface area contributed by atoms with E-state index >= 15 is 0 Å². The van der Waals surface area contributed by atoms with Crippen LogP contribution in [0.15, 0.2) is 18.3 Å². The van der Waals surface area contributed by atoms with E-state index < -0.39 is 4.92 Å². The van der Waals surface area contributed by atoms with E-state index in [1.165, 1.54) is 17.1 Å². The molecule has 2 aromatic rings. The van der Waals surface area contributed by atoms with Crippen molar-refractivity contribution in [2.45, 2.75) is 45.6 Å². The van der Waals surface area contributed by atoms with Gasteiger partial charge in [-0.05, 0) is 42.6 Å². The molecule has 22 heavy (non-hydrogen) atoms. The number of fused-ring (bicyclic) bond motifs is 1. The Morgan fingerprint density at radius 2 is 2.23 bits per heavy atom. The number of hydrogen-bond donors (Lipinski definition) is 0. The fourth-order valence-corrected chi connectivity index (χ4v) is 3.22. The molecule has 1 aliphatic rings. The first kappa shape index (κ1) is 14.7. The minimum absolute atomic E-state index is 0.0886. The van der Waals surface area contributed by atoms with Gasteiger partial charge in [0.05, 0.1) is 0 Å². The number of hydrogen-bond acceptors (Lipinski definition) is 5. The van der Waals surface area contributed by atoms with Crippen LogP contribution < -0.4 is 4.90 Å². The first-order valence-electron chi connectivity index (χ1n) is 7.82. The number of nitro groups is 1. The zero-order valence-corrected chi connectivity index (χ0v) is 13.0. The number of nitrogens with zero attached hydrogens (tertiary/aromatic N) is 5. The molecule has 1 unspecified atom stereocenters. The highest BCUT2D eigenvalue weighted by Crippen LogP contribution is 2.27. The van der Waals surface area contributed by atoms with Crippen molar-refractivity contribution in [3.8, 4) is 0 Å². The standard InChI is InChI=1S/C15H21N5O2/c1-11(2)9-12-5-3-4-8-18(12)14-7-6-13-16-10-15(20(21)22)19(13)17-14/h6-7,10-12H,3-5,8-9H2,1-2H3. The number of aromatic nitrogens is 3. The van der Waals surface area contributed by atoms with Gasteiger partial charge >= 0.3 is 5.82 Å². The zero-order chi connectivity index (χ0) is 15.7. The lowest BCUT2D eigenvalue weighted by Gasteiger charge is -2.37. The summed E-state index contributed by atoms with van der Waals surface area (Å²) in [6, 6.07) is 4.18. The number of piperidine rings is 1. The number of imidazole rings is 1. The van der Waals surface area contributed by atoms with Crippen molar-refractivity contribution in [2.75, 3.05) is 11.4 Å². The SMILES string of the molecule is CC(C)CC1CCCCN1c1ccc2ncc([N+](=O)[O-])n2n1. The van der Waals surface area contributed by atoms with Gasteiger partial charge < -0.3 is 15.0 Å². The molecule has 0 N–H and O–H groups in total. The van der Waals surface area contributed by atoms with Crippen LogP contribution in [0.4, 0.5) is 11.6 Å². The van der Waals surface area contributed by atoms with Crippen LogP contribution in [0.25, 0.3) is 5.65 Å². The average molecular weight is 303 g/mol. The van der Waals surface area contributed by atoms with Crippen molar-refractivity contribution < 1.29 is 4.92 Å². The summed E-state index contributed by atoms with van der Waals surface area (Å²) < 4.78 is 1.33. The van der Waals surface area contributed by atoms with Crippen LogP contribution in [-0.4, -0.2) is 32.1 Å². The maximum absolute atomic E-state index is 11.1. The second-order valence-electron chi connectivity index (χ2n) is 6.31. The quantitative estimate of drug-likeness (QED) is 0.641. The summed E-state index contributed by atoms with van der Waals surface area (Å²) in [7, 11) is 0. The smallest absolute Gasteiger partial charge is 0.358 e. The van der Waals surface area contributed by atoms with Crippen LogP contribution in [0.2, 0.25) is 0 Å². The lowest BCUT2D eigenvalue weighted by atomic mass is 9.94. The summed E-state index contributed by atoms with van der Waals surface area (Å²) in [5.41, 5.74) is 0.507. The molecule has 2 aromatic heterocycles. The maximum Gasteiger partial charge on any atom is 0.368 e. The van der Waals surface area contributed by atoms with Crippen molar-refractivity contribution in [1.29, 1.82) is 0 Å². The van der Waals surface area contributed by atoms with Crippen molar-refractivity contribution in [3.05, 3.63) is 28.4 Å². The molecule has 0 saturated carbocycles. The fraction of sp³-hybridized carbons (Fsp3) is 0.600. The summed E-state index contributed by atoms with van der Waals surface area (Å²) in [6.45, 7) is 5.41. The Hall–Kier alpha value is -2.18. The summed E-state index contributed by atoms with van der Waals surface area (Å²) >= 11 is 0. The van der Waals surface area contributed by atoms with E-state index in [1.54, 1.807) is 6.07 Å². The van der Waals surface area contributed by atoms with Gasteiger partial charge in [-0.1, -0.05) is 23.5 Å². The molecule has 0 aliphatic carbocycles. The molecule has 0 spiro atoms. The Kier molecular flexibility index (Phi) is 3.96. The van der Waals surface area contributed by atoms with Crippen LogP contribution in [0.5, 0.6) is 0 Å². The van der Waals surface area contributed by atoms with E-state index in [4.69, 9.17) is 0 Å². The fourth-order valence-electron chi connectivity index (χ4n) is 3.22. The van der Waals surface area contributed by atoms with Gasteiger partial charge in [0.1, 0.15) is 6.20 Å². The van der Waals surface area contributed by atoms with E-state index in [-0.39, 0.29) is 5.82 Å². The molecular weight excluding hydrogens is 282 g/mol. The molecule has 1 atom stereocenters. The predicted molar refractivity (Wildman–Crippen MR) is 84.1 cm³/mol. The highest BCUT2D eigenvalue weighted by molar-refractivity contribution is 5.50. The topological polar surface area (TPSA) is 76.6 Å². The molecule has 118 valence electrons. The van der Waals surface area contributed by atoms with Gasteiger partial charge in [0.25, 0.3) is 0 Å². The van der Waals surface area contributed by atoms with Crippen LogP contribution in [0.1, 0.15) is 39.5 Å². The first-order valence-corrected chi connectivity index (χ1v) is 7.82. The molecular formula is C15H21N5O2.